The molecule has 2 aromatic rings. The number of amides is 1. The maximum atomic E-state index is 13.1. The number of halogens is 1. The Morgan fingerprint density at radius 1 is 1.04 bits per heavy atom. The number of likely N-dealkylation sites (tertiary alicyclic amines) is 1. The van der Waals surface area contributed by atoms with E-state index in [-0.39, 0.29) is 0 Å². The fourth-order valence-corrected chi connectivity index (χ4v) is 2.92. The lowest BCUT2D eigenvalue weighted by Gasteiger charge is -2.28. The number of benzene rings is 1. The summed E-state index contributed by atoms with van der Waals surface area (Å²) in [4.78, 5) is 16.3. The van der Waals surface area contributed by atoms with E-state index < -0.39 is 12.0 Å². The Morgan fingerprint density at radius 2 is 1.74 bits per heavy atom. The maximum absolute atomic E-state index is 13.1. The predicted octanol–water partition coefficient (Wildman–Crippen LogP) is 3.80. The summed E-state index contributed by atoms with van der Waals surface area (Å²) < 4.78 is 13.1. The molecule has 1 aromatic carbocycles. The van der Waals surface area contributed by atoms with Crippen molar-refractivity contribution in [2.75, 3.05) is 13.1 Å². The van der Waals surface area contributed by atoms with E-state index in [9.17, 15) is 9.18 Å². The summed E-state index contributed by atoms with van der Waals surface area (Å²) in [5, 5.41) is 9.09. The molecule has 0 aliphatic carbocycles. The summed E-state index contributed by atoms with van der Waals surface area (Å²) in [7, 11) is 0. The van der Waals surface area contributed by atoms with Gasteiger partial charge in [0.05, 0.1) is 0 Å². The molecule has 0 atom stereocenters. The van der Waals surface area contributed by atoms with Gasteiger partial charge in [-0.25, -0.2) is 9.78 Å². The Morgan fingerprint density at radius 3 is 2.30 bits per heavy atom. The SMILES string of the molecule is O=C(O)N1CCC(=C(c2ccccc2)c2ccc(F)nc2)CC1. The molecule has 1 fully saturated rings. The Bertz CT molecular complexity index is 716. The van der Waals surface area contributed by atoms with Gasteiger partial charge < -0.3 is 10.0 Å². The highest BCUT2D eigenvalue weighted by atomic mass is 19.1. The fraction of sp³-hybridized carbons (Fsp3) is 0.222. The number of hydrogen-bond acceptors (Lipinski definition) is 2. The first-order chi connectivity index (χ1) is 11.1. The smallest absolute Gasteiger partial charge is 0.407 e. The first kappa shape index (κ1) is 15.2. The van der Waals surface area contributed by atoms with Gasteiger partial charge in [0, 0.05) is 24.8 Å². The highest BCUT2D eigenvalue weighted by molar-refractivity contribution is 5.82. The molecule has 0 bridgehead atoms. The molecular weight excluding hydrogens is 295 g/mol. The van der Waals surface area contributed by atoms with E-state index in [0.29, 0.717) is 25.9 Å². The van der Waals surface area contributed by atoms with E-state index in [4.69, 9.17) is 5.11 Å². The molecule has 5 heteroatoms. The third-order valence-electron chi connectivity index (χ3n) is 4.07. The van der Waals surface area contributed by atoms with Crippen LogP contribution in [0.3, 0.4) is 0 Å². The molecule has 2 heterocycles. The first-order valence-electron chi connectivity index (χ1n) is 7.52. The third kappa shape index (κ3) is 3.39. The number of piperidine rings is 1. The lowest BCUT2D eigenvalue weighted by atomic mass is 9.89. The summed E-state index contributed by atoms with van der Waals surface area (Å²) in [5.74, 6) is -0.508. The molecule has 0 unspecified atom stereocenters. The average molecular weight is 312 g/mol. The van der Waals surface area contributed by atoms with Gasteiger partial charge >= 0.3 is 6.09 Å². The van der Waals surface area contributed by atoms with Crippen LogP contribution in [-0.2, 0) is 0 Å². The minimum atomic E-state index is -0.881. The van der Waals surface area contributed by atoms with E-state index in [0.717, 1.165) is 16.7 Å². The van der Waals surface area contributed by atoms with E-state index in [1.54, 1.807) is 6.07 Å². The van der Waals surface area contributed by atoms with Crippen molar-refractivity contribution in [2.24, 2.45) is 0 Å². The standard InChI is InChI=1S/C18H17FN2O2/c19-16-7-6-15(12-20-16)17(13-4-2-1-3-5-13)14-8-10-21(11-9-14)18(22)23/h1-7,12H,8-11H2,(H,22,23). The highest BCUT2D eigenvalue weighted by Crippen LogP contribution is 2.32. The minimum absolute atomic E-state index is 0.482. The number of pyridine rings is 1. The van der Waals surface area contributed by atoms with E-state index >= 15 is 0 Å². The lowest BCUT2D eigenvalue weighted by molar-refractivity contribution is 0.142. The van der Waals surface area contributed by atoms with Gasteiger partial charge in [0.1, 0.15) is 0 Å². The van der Waals surface area contributed by atoms with Crippen molar-refractivity contribution < 1.29 is 14.3 Å². The van der Waals surface area contributed by atoms with Gasteiger partial charge in [0.15, 0.2) is 0 Å². The van der Waals surface area contributed by atoms with Crippen LogP contribution in [0.25, 0.3) is 5.57 Å². The number of carbonyl (C=O) groups is 1. The van der Waals surface area contributed by atoms with Crippen LogP contribution in [0.5, 0.6) is 0 Å². The van der Waals surface area contributed by atoms with Crippen molar-refractivity contribution in [2.45, 2.75) is 12.8 Å². The fourth-order valence-electron chi connectivity index (χ4n) is 2.92. The largest absolute Gasteiger partial charge is 0.465 e. The molecule has 0 saturated carbocycles. The molecule has 1 N–H and O–H groups in total. The quantitative estimate of drug-likeness (QED) is 0.858. The number of nitrogens with zero attached hydrogens (tertiary/aromatic N) is 2. The van der Waals surface area contributed by atoms with Gasteiger partial charge in [0.2, 0.25) is 5.95 Å². The molecule has 4 nitrogen and oxygen atoms in total. The Kier molecular flexibility index (Phi) is 4.37. The number of hydrogen-bond donors (Lipinski definition) is 1. The van der Waals surface area contributed by atoms with E-state index in [1.165, 1.54) is 22.7 Å². The Balaban J connectivity index is 2.01. The Labute approximate surface area is 133 Å². The molecule has 1 amide bonds. The van der Waals surface area contributed by atoms with Crippen molar-refractivity contribution in [3.8, 4) is 0 Å². The molecule has 23 heavy (non-hydrogen) atoms. The molecule has 1 aliphatic heterocycles. The normalized spacial score (nSPS) is 14.7. The molecule has 1 aliphatic rings. The van der Waals surface area contributed by atoms with Crippen molar-refractivity contribution in [3.05, 3.63) is 71.3 Å². The topological polar surface area (TPSA) is 53.4 Å². The third-order valence-corrected chi connectivity index (χ3v) is 4.07. The molecule has 0 spiro atoms. The first-order valence-corrected chi connectivity index (χ1v) is 7.52. The number of carboxylic acid groups (broad SMARTS) is 1. The van der Waals surface area contributed by atoms with Crippen molar-refractivity contribution in [1.29, 1.82) is 0 Å². The summed E-state index contributed by atoms with van der Waals surface area (Å²) in [6.07, 6.45) is 2.00. The molecule has 118 valence electrons. The highest BCUT2D eigenvalue weighted by Gasteiger charge is 2.21. The second-order valence-corrected chi connectivity index (χ2v) is 5.48. The zero-order chi connectivity index (χ0) is 16.2. The van der Waals surface area contributed by atoms with Crippen LogP contribution in [-0.4, -0.2) is 34.2 Å². The van der Waals surface area contributed by atoms with Crippen LogP contribution >= 0.6 is 0 Å². The lowest BCUT2D eigenvalue weighted by Crippen LogP contribution is -2.35. The van der Waals surface area contributed by atoms with Crippen LogP contribution < -0.4 is 0 Å². The maximum Gasteiger partial charge on any atom is 0.407 e. The van der Waals surface area contributed by atoms with E-state index in [1.807, 2.05) is 30.3 Å². The molecule has 1 aromatic heterocycles. The molecule has 3 rings (SSSR count). The van der Waals surface area contributed by atoms with Gasteiger partial charge in [-0.05, 0) is 36.1 Å². The van der Waals surface area contributed by atoms with E-state index in [2.05, 4.69) is 4.98 Å². The van der Waals surface area contributed by atoms with Gasteiger partial charge in [-0.1, -0.05) is 35.9 Å². The summed E-state index contributed by atoms with van der Waals surface area (Å²) in [6, 6.07) is 13.0. The molecular formula is C18H17FN2O2. The molecule has 0 radical (unpaired) electrons. The monoisotopic (exact) mass is 312 g/mol. The number of rotatable bonds is 2. The van der Waals surface area contributed by atoms with Crippen molar-refractivity contribution in [1.82, 2.24) is 9.88 Å². The number of aromatic nitrogens is 1. The van der Waals surface area contributed by atoms with Crippen LogP contribution in [0.1, 0.15) is 24.0 Å². The van der Waals surface area contributed by atoms with Gasteiger partial charge in [-0.2, -0.15) is 4.39 Å². The second-order valence-electron chi connectivity index (χ2n) is 5.48. The zero-order valence-corrected chi connectivity index (χ0v) is 12.6. The minimum Gasteiger partial charge on any atom is -0.465 e. The molecule has 1 saturated heterocycles. The van der Waals surface area contributed by atoms with Gasteiger partial charge in [-0.3, -0.25) is 0 Å². The van der Waals surface area contributed by atoms with Crippen LogP contribution in [0.2, 0.25) is 0 Å². The Hall–Kier alpha value is -2.69. The second kappa shape index (κ2) is 6.60. The average Bonchev–Trinajstić information content (AvgIpc) is 2.58. The van der Waals surface area contributed by atoms with Gasteiger partial charge in [-0.15, -0.1) is 0 Å². The van der Waals surface area contributed by atoms with Gasteiger partial charge in [0.25, 0.3) is 0 Å². The van der Waals surface area contributed by atoms with Crippen LogP contribution in [0, 0.1) is 5.95 Å². The summed E-state index contributed by atoms with van der Waals surface area (Å²) >= 11 is 0. The van der Waals surface area contributed by atoms with Crippen molar-refractivity contribution in [3.63, 3.8) is 0 Å². The van der Waals surface area contributed by atoms with Crippen molar-refractivity contribution >= 4 is 11.7 Å². The zero-order valence-electron chi connectivity index (χ0n) is 12.6. The summed E-state index contributed by atoms with van der Waals surface area (Å²) in [5.41, 5.74) is 4.11. The van der Waals surface area contributed by atoms with Crippen LogP contribution in [0.15, 0.2) is 54.2 Å². The van der Waals surface area contributed by atoms with Crippen LogP contribution in [0.4, 0.5) is 9.18 Å². The summed E-state index contributed by atoms with van der Waals surface area (Å²) in [6.45, 7) is 0.964. The predicted molar refractivity (Wildman–Crippen MR) is 85.5 cm³/mol.